The zero-order valence-corrected chi connectivity index (χ0v) is 19.2. The van der Waals surface area contributed by atoms with Gasteiger partial charge in [0.25, 0.3) is 0 Å². The van der Waals surface area contributed by atoms with Gasteiger partial charge in [-0.2, -0.15) is 0 Å². The van der Waals surface area contributed by atoms with Crippen LogP contribution in [0.25, 0.3) is 0 Å². The highest BCUT2D eigenvalue weighted by Crippen LogP contribution is 2.28. The molecule has 1 saturated heterocycles. The third-order valence-electron chi connectivity index (χ3n) is 4.87. The molecule has 0 bridgehead atoms. The largest absolute Gasteiger partial charge is 0.489 e. The number of hydrogen-bond donors (Lipinski definition) is 2. The van der Waals surface area contributed by atoms with Crippen molar-refractivity contribution >= 4 is 17.4 Å². The Morgan fingerprint density at radius 1 is 1.10 bits per heavy atom. The first-order valence-electron chi connectivity index (χ1n) is 10.2. The maximum absolute atomic E-state index is 12.4. The summed E-state index contributed by atoms with van der Waals surface area (Å²) in [7, 11) is 1.66. The van der Waals surface area contributed by atoms with E-state index in [9.17, 15) is 4.79 Å². The number of anilines is 1. The van der Waals surface area contributed by atoms with Crippen molar-refractivity contribution in [1.29, 1.82) is 0 Å². The minimum Gasteiger partial charge on any atom is -0.489 e. The van der Waals surface area contributed by atoms with Crippen molar-refractivity contribution in [1.82, 2.24) is 16.1 Å². The third kappa shape index (κ3) is 5.34. The van der Waals surface area contributed by atoms with Gasteiger partial charge in [-0.1, -0.05) is 29.4 Å². The van der Waals surface area contributed by atoms with Gasteiger partial charge in [0.15, 0.2) is 0 Å². The number of ether oxygens (including phenoxy) is 1. The van der Waals surface area contributed by atoms with Gasteiger partial charge in [0, 0.05) is 18.2 Å². The molecule has 8 heteroatoms. The van der Waals surface area contributed by atoms with E-state index >= 15 is 0 Å². The summed E-state index contributed by atoms with van der Waals surface area (Å²) < 4.78 is 6.21. The first kappa shape index (κ1) is 22.6. The lowest BCUT2D eigenvalue weighted by atomic mass is 10.1. The van der Waals surface area contributed by atoms with Crippen molar-refractivity contribution in [3.8, 4) is 5.75 Å². The summed E-state index contributed by atoms with van der Waals surface area (Å²) in [6, 6.07) is 11.6. The van der Waals surface area contributed by atoms with Gasteiger partial charge in [-0.25, -0.2) is 14.8 Å². The fourth-order valence-electron chi connectivity index (χ4n) is 3.01. The summed E-state index contributed by atoms with van der Waals surface area (Å²) in [4.78, 5) is 18.0. The van der Waals surface area contributed by atoms with Gasteiger partial charge in [-0.3, -0.25) is 0 Å². The molecule has 0 unspecified atom stereocenters. The number of carbonyl (C=O) groups is 1. The number of oxime groups is 1. The predicted octanol–water partition coefficient (Wildman–Crippen LogP) is 4.22. The van der Waals surface area contributed by atoms with Gasteiger partial charge in [0.2, 0.25) is 0 Å². The zero-order valence-electron chi connectivity index (χ0n) is 19.2. The summed E-state index contributed by atoms with van der Waals surface area (Å²) in [6.07, 6.45) is 0. The van der Waals surface area contributed by atoms with Crippen molar-refractivity contribution < 1.29 is 14.4 Å². The summed E-state index contributed by atoms with van der Waals surface area (Å²) in [6.45, 7) is 12.1. The number of amides is 2. The fraction of sp³-hybridized carbons (Fsp3) is 0.391. The van der Waals surface area contributed by atoms with Crippen LogP contribution in [0.1, 0.15) is 49.9 Å². The topological polar surface area (TPSA) is 78.4 Å². The molecule has 166 valence electrons. The Morgan fingerprint density at radius 3 is 2.48 bits per heavy atom. The number of rotatable bonds is 6. The molecule has 31 heavy (non-hydrogen) atoms. The normalized spacial score (nSPS) is 14.9. The molecule has 1 heterocycles. The Bertz CT molecular complexity index is 997. The number of nitrogens with one attached hydrogen (secondary N) is 2. The number of aryl methyl sites for hydroxylation is 2. The molecule has 1 fully saturated rings. The molecule has 1 aliphatic heterocycles. The maximum atomic E-state index is 12.4. The first-order valence-corrected chi connectivity index (χ1v) is 10.2. The number of nitrogens with zero attached hydrogens (tertiary/aromatic N) is 3. The van der Waals surface area contributed by atoms with Gasteiger partial charge >= 0.3 is 6.03 Å². The number of carbonyl (C=O) groups excluding carboxylic acids is 1. The van der Waals surface area contributed by atoms with Crippen molar-refractivity contribution in [2.75, 3.05) is 12.1 Å². The highest BCUT2D eigenvalue weighted by Gasteiger charge is 2.28. The van der Waals surface area contributed by atoms with Crippen LogP contribution in [0.4, 0.5) is 10.5 Å². The summed E-state index contributed by atoms with van der Waals surface area (Å²) in [5.74, 6) is 0.757. The van der Waals surface area contributed by atoms with Crippen LogP contribution < -0.4 is 20.8 Å². The van der Waals surface area contributed by atoms with Crippen LogP contribution in [0, 0.1) is 13.8 Å². The molecule has 3 rings (SSSR count). The van der Waals surface area contributed by atoms with Gasteiger partial charge < -0.3 is 9.57 Å². The molecule has 1 aliphatic rings. The molecule has 2 amide bonds. The lowest BCUT2D eigenvalue weighted by Gasteiger charge is -2.20. The molecule has 8 nitrogen and oxygen atoms in total. The molecule has 0 aliphatic carbocycles. The second-order valence-corrected chi connectivity index (χ2v) is 8.62. The molecule has 0 radical (unpaired) electrons. The molecule has 0 saturated carbocycles. The minimum atomic E-state index is -0.351. The van der Waals surface area contributed by atoms with E-state index < -0.39 is 0 Å². The van der Waals surface area contributed by atoms with Crippen LogP contribution in [-0.2, 0) is 11.4 Å². The highest BCUT2D eigenvalue weighted by molar-refractivity contribution is 5.98. The quantitative estimate of drug-likeness (QED) is 0.535. The number of hydrazine groups is 3. The van der Waals surface area contributed by atoms with Gasteiger partial charge in [0.05, 0.1) is 11.4 Å². The average Bonchev–Trinajstić information content (AvgIpc) is 3.04. The number of hydrogen-bond acceptors (Lipinski definition) is 6. The Kier molecular flexibility index (Phi) is 6.52. The molecule has 0 spiro atoms. The zero-order chi connectivity index (χ0) is 22.8. The van der Waals surface area contributed by atoms with Crippen molar-refractivity contribution in [2.24, 2.45) is 5.16 Å². The lowest BCUT2D eigenvalue weighted by molar-refractivity contribution is 0.000953. The van der Waals surface area contributed by atoms with E-state index in [1.807, 2.05) is 77.9 Å². The van der Waals surface area contributed by atoms with E-state index in [2.05, 4.69) is 16.2 Å². The monoisotopic (exact) mass is 425 g/mol. The van der Waals surface area contributed by atoms with Crippen LogP contribution >= 0.6 is 0 Å². The third-order valence-corrected chi connectivity index (χ3v) is 4.87. The van der Waals surface area contributed by atoms with Gasteiger partial charge in [-0.15, -0.1) is 11.1 Å². The summed E-state index contributed by atoms with van der Waals surface area (Å²) in [5, 5.41) is 7.09. The molecular weight excluding hydrogens is 394 g/mol. The SMILES string of the molecule is C/C(=N\OC(C)(C)C)c1ccc(C)c(OCc2c(C)cccc2N2NNN(C)C2=O)c1. The molecular formula is C23H31N5O3. The maximum Gasteiger partial charge on any atom is 0.355 e. The van der Waals surface area contributed by atoms with E-state index in [1.54, 1.807) is 7.05 Å². The predicted molar refractivity (Wildman–Crippen MR) is 122 cm³/mol. The van der Waals surface area contributed by atoms with Crippen LogP contribution in [-0.4, -0.2) is 29.4 Å². The summed E-state index contributed by atoms with van der Waals surface area (Å²) in [5.41, 5.74) is 10.7. The van der Waals surface area contributed by atoms with E-state index in [4.69, 9.17) is 9.57 Å². The van der Waals surface area contributed by atoms with E-state index in [-0.39, 0.29) is 11.6 Å². The van der Waals surface area contributed by atoms with E-state index in [1.165, 1.54) is 10.0 Å². The standard InChI is InChI=1S/C23H31N5O3/c1-15-9-8-10-20(28-22(29)27(7)25-26-28)19(15)14-30-21-13-18(12-11-16(21)2)17(3)24-31-23(4,5)6/h8-13,25-26H,14H2,1-7H3/b24-17+. The fourth-order valence-corrected chi connectivity index (χ4v) is 3.01. The second kappa shape index (κ2) is 8.95. The van der Waals surface area contributed by atoms with Crippen molar-refractivity contribution in [2.45, 2.75) is 53.8 Å². The Hall–Kier alpha value is -3.10. The Morgan fingerprint density at radius 2 is 1.84 bits per heavy atom. The Balaban J connectivity index is 1.83. The van der Waals surface area contributed by atoms with Gasteiger partial charge in [-0.05, 0) is 64.8 Å². The van der Waals surface area contributed by atoms with Crippen LogP contribution in [0.15, 0.2) is 41.6 Å². The second-order valence-electron chi connectivity index (χ2n) is 8.62. The molecule has 2 aromatic carbocycles. The lowest BCUT2D eigenvalue weighted by Crippen LogP contribution is -2.38. The Labute approximate surface area is 183 Å². The van der Waals surface area contributed by atoms with Gasteiger partial charge in [0.1, 0.15) is 18.0 Å². The summed E-state index contributed by atoms with van der Waals surface area (Å²) >= 11 is 0. The highest BCUT2D eigenvalue weighted by atomic mass is 16.6. The number of benzene rings is 2. The van der Waals surface area contributed by atoms with Crippen molar-refractivity contribution in [3.63, 3.8) is 0 Å². The van der Waals surface area contributed by atoms with Crippen LogP contribution in [0.3, 0.4) is 0 Å². The first-order chi connectivity index (χ1) is 14.6. The average molecular weight is 426 g/mol. The van der Waals surface area contributed by atoms with E-state index in [0.717, 1.165) is 39.4 Å². The smallest absolute Gasteiger partial charge is 0.355 e. The minimum absolute atomic E-state index is 0.198. The van der Waals surface area contributed by atoms with Crippen molar-refractivity contribution in [3.05, 3.63) is 58.7 Å². The van der Waals surface area contributed by atoms with Crippen LogP contribution in [0.2, 0.25) is 0 Å². The molecule has 0 atom stereocenters. The number of urea groups is 1. The molecule has 2 aromatic rings. The molecule has 2 N–H and O–H groups in total. The molecule has 0 aromatic heterocycles. The van der Waals surface area contributed by atoms with E-state index in [0.29, 0.717) is 6.61 Å². The van der Waals surface area contributed by atoms with Crippen LogP contribution in [0.5, 0.6) is 5.75 Å².